The van der Waals surface area contributed by atoms with Crippen molar-refractivity contribution in [2.24, 2.45) is 0 Å². The Morgan fingerprint density at radius 1 is 1.33 bits per heavy atom. The molecule has 1 aromatic rings. The molecule has 44 valence electrons. The molecular weight excluding hydrogens is 180 g/mol. The molecule has 0 spiro atoms. The fourth-order valence-corrected chi connectivity index (χ4v) is 0.684. The second-order valence-electron chi connectivity index (χ2n) is 1.46. The summed E-state index contributed by atoms with van der Waals surface area (Å²) in [6.45, 7) is 10.6. The van der Waals surface area contributed by atoms with Crippen molar-refractivity contribution in [2.45, 2.75) is 0 Å². The molecule has 0 aromatic carbocycles. The zero-order valence-corrected chi connectivity index (χ0v) is 6.09. The van der Waals surface area contributed by atoms with Crippen LogP contribution in [0.4, 0.5) is 0 Å². The van der Waals surface area contributed by atoms with Gasteiger partial charge < -0.3 is 0 Å². The molecule has 0 aliphatic rings. The van der Waals surface area contributed by atoms with Gasteiger partial charge in [-0.25, -0.2) is 4.98 Å². The van der Waals surface area contributed by atoms with E-state index in [4.69, 9.17) is 13.8 Å². The molecule has 0 atom stereocenters. The van der Waals surface area contributed by atoms with Crippen LogP contribution in [0.15, 0.2) is 10.8 Å². The lowest BCUT2D eigenvalue weighted by atomic mass is 10.4. The van der Waals surface area contributed by atoms with Crippen LogP contribution < -0.4 is 0 Å². The maximum Gasteiger partial charge on any atom is 0.124 e. The van der Waals surface area contributed by atoms with Gasteiger partial charge in [-0.1, -0.05) is 0 Å². The van der Waals surface area contributed by atoms with Crippen LogP contribution in [0.3, 0.4) is 0 Å². The van der Waals surface area contributed by atoms with E-state index < -0.39 is 0 Å². The van der Waals surface area contributed by atoms with Crippen molar-refractivity contribution in [3.05, 3.63) is 36.0 Å². The van der Waals surface area contributed by atoms with Crippen LogP contribution in [0.5, 0.6) is 0 Å². The molecule has 9 heavy (non-hydrogen) atoms. The predicted molar refractivity (Wildman–Crippen MR) is 36.5 cm³/mol. The van der Waals surface area contributed by atoms with Gasteiger partial charge in [0.25, 0.3) is 0 Å². The fraction of sp³-hybridized carbons (Fsp3) is 0. The number of hydrogen-bond acceptors (Lipinski definition) is 2. The molecule has 0 bridgehead atoms. The summed E-state index contributed by atoms with van der Waals surface area (Å²) >= 11 is 3.09. The van der Waals surface area contributed by atoms with Gasteiger partial charge in [0.05, 0.1) is 17.6 Å². The van der Waals surface area contributed by atoms with Crippen molar-refractivity contribution in [3.63, 3.8) is 0 Å². The Hall–Kier alpha value is -0.440. The maximum atomic E-state index is 5.29. The van der Waals surface area contributed by atoms with Gasteiger partial charge in [0.1, 0.15) is 4.60 Å². The normalized spacial score (nSPS) is 9.67. The highest BCUT2D eigenvalue weighted by molar-refractivity contribution is 9.10. The Morgan fingerprint density at radius 2 is 2.00 bits per heavy atom. The highest BCUT2D eigenvalue weighted by Crippen LogP contribution is 2.05. The van der Waals surface area contributed by atoms with Gasteiger partial charge in [-0.05, 0) is 15.9 Å². The molecule has 4 radical (unpaired) electrons. The third kappa shape index (κ3) is 1.48. The first kappa shape index (κ1) is 6.68. The number of rotatable bonds is 0. The Kier molecular flexibility index (Phi) is 1.81. The summed E-state index contributed by atoms with van der Waals surface area (Å²) in [5, 5.41) is 0. The van der Waals surface area contributed by atoms with Gasteiger partial charge in [0.2, 0.25) is 0 Å². The van der Waals surface area contributed by atoms with Crippen molar-refractivity contribution in [2.75, 3.05) is 0 Å². The fourth-order valence-electron chi connectivity index (χ4n) is 0.390. The molecule has 0 aliphatic heterocycles. The minimum absolute atomic E-state index is 0.254. The van der Waals surface area contributed by atoms with Gasteiger partial charge in [-0.2, -0.15) is 0 Å². The summed E-state index contributed by atoms with van der Waals surface area (Å²) in [5.74, 6) is 0. The predicted octanol–water partition coefficient (Wildman–Crippen LogP) is 1.36. The minimum Gasteiger partial charge on any atom is -0.256 e. The van der Waals surface area contributed by atoms with Gasteiger partial charge >= 0.3 is 0 Å². The van der Waals surface area contributed by atoms with Crippen LogP contribution in [-0.2, 0) is 0 Å². The molecule has 1 rings (SSSR count). The van der Waals surface area contributed by atoms with E-state index >= 15 is 0 Å². The first-order chi connectivity index (χ1) is 4.20. The number of halogens is 1. The van der Waals surface area contributed by atoms with Gasteiger partial charge in [-0.3, -0.25) is 4.98 Å². The first-order valence-electron chi connectivity index (χ1n) is 2.23. The van der Waals surface area contributed by atoms with E-state index in [0.717, 1.165) is 0 Å². The number of nitrogens with zero attached hydrogens (tertiary/aromatic N) is 2. The second-order valence-corrected chi connectivity index (χ2v) is 2.28. The summed E-state index contributed by atoms with van der Waals surface area (Å²) in [5.41, 5.74) is 0.516. The highest BCUT2D eigenvalue weighted by atomic mass is 79.9. The van der Waals surface area contributed by atoms with E-state index in [0.29, 0.717) is 4.60 Å². The lowest BCUT2D eigenvalue weighted by molar-refractivity contribution is 1.09. The van der Waals surface area contributed by atoms with Crippen LogP contribution >= 0.6 is 15.9 Å². The van der Waals surface area contributed by atoms with E-state index in [1.54, 1.807) is 0 Å². The molecule has 0 saturated heterocycles. The standard InChI is InChI=1S/C6H3BrN2/c1-4-5(2)9-6(7)3-8-4/h1-3H. The molecule has 3 heteroatoms. The van der Waals surface area contributed by atoms with E-state index in [9.17, 15) is 0 Å². The van der Waals surface area contributed by atoms with E-state index in [1.165, 1.54) is 6.20 Å². The van der Waals surface area contributed by atoms with Crippen molar-refractivity contribution in [3.8, 4) is 0 Å². The summed E-state index contributed by atoms with van der Waals surface area (Å²) in [7, 11) is 0. The Morgan fingerprint density at radius 3 is 2.44 bits per heavy atom. The largest absolute Gasteiger partial charge is 0.256 e. The summed E-state index contributed by atoms with van der Waals surface area (Å²) in [6.07, 6.45) is 1.49. The lowest BCUT2D eigenvalue weighted by Crippen LogP contribution is -1.89. The van der Waals surface area contributed by atoms with Crippen molar-refractivity contribution in [1.82, 2.24) is 9.97 Å². The van der Waals surface area contributed by atoms with Gasteiger partial charge in [0.15, 0.2) is 0 Å². The zero-order valence-electron chi connectivity index (χ0n) is 4.50. The monoisotopic (exact) mass is 182 g/mol. The van der Waals surface area contributed by atoms with Gasteiger partial charge in [-0.15, -0.1) is 0 Å². The molecule has 1 heterocycles. The average Bonchev–Trinajstić information content (AvgIpc) is 1.80. The summed E-state index contributed by atoms with van der Waals surface area (Å²) in [6, 6.07) is 0. The molecule has 0 fully saturated rings. The summed E-state index contributed by atoms with van der Waals surface area (Å²) in [4.78, 5) is 7.50. The van der Waals surface area contributed by atoms with Crippen molar-refractivity contribution in [1.29, 1.82) is 0 Å². The first-order valence-corrected chi connectivity index (χ1v) is 3.03. The number of aromatic nitrogens is 2. The van der Waals surface area contributed by atoms with Crippen LogP contribution in [-0.4, -0.2) is 9.97 Å². The van der Waals surface area contributed by atoms with Gasteiger partial charge in [0, 0.05) is 13.8 Å². The topological polar surface area (TPSA) is 25.8 Å². The molecule has 0 amide bonds. The maximum absolute atomic E-state index is 5.29. The highest BCUT2D eigenvalue weighted by Gasteiger charge is 1.94. The molecular formula is C6H3BrN2. The van der Waals surface area contributed by atoms with Crippen LogP contribution in [0, 0.1) is 13.8 Å². The summed E-state index contributed by atoms with van der Waals surface area (Å²) < 4.78 is 0.592. The van der Waals surface area contributed by atoms with Crippen molar-refractivity contribution >= 4 is 15.9 Å². The van der Waals surface area contributed by atoms with E-state index in [1.807, 2.05) is 0 Å². The number of hydrogen-bond donors (Lipinski definition) is 0. The molecule has 2 nitrogen and oxygen atoms in total. The second kappa shape index (κ2) is 2.43. The van der Waals surface area contributed by atoms with Crippen LogP contribution in [0.1, 0.15) is 11.4 Å². The average molecular weight is 183 g/mol. The molecule has 0 N–H and O–H groups in total. The molecule has 0 aliphatic carbocycles. The Labute approximate surface area is 62.5 Å². The molecule has 1 aromatic heterocycles. The van der Waals surface area contributed by atoms with Crippen LogP contribution in [0.2, 0.25) is 0 Å². The zero-order chi connectivity index (χ0) is 6.85. The smallest absolute Gasteiger partial charge is 0.124 e. The van der Waals surface area contributed by atoms with E-state index in [2.05, 4.69) is 25.9 Å². The Bertz CT molecular complexity index is 222. The lowest BCUT2D eigenvalue weighted by Gasteiger charge is -1.94. The quantitative estimate of drug-likeness (QED) is 0.606. The third-order valence-corrected chi connectivity index (χ3v) is 1.18. The van der Waals surface area contributed by atoms with E-state index in [-0.39, 0.29) is 11.4 Å². The third-order valence-electron chi connectivity index (χ3n) is 0.800. The molecule has 0 saturated carbocycles. The van der Waals surface area contributed by atoms with Crippen LogP contribution in [0.25, 0.3) is 0 Å². The van der Waals surface area contributed by atoms with Crippen molar-refractivity contribution < 1.29 is 0 Å². The SMILES string of the molecule is [CH]c1ncc(Br)nc1[CH]. The Balaban J connectivity index is 3.17. The minimum atomic E-state index is 0.254. The molecule has 0 unspecified atom stereocenters.